The summed E-state index contributed by atoms with van der Waals surface area (Å²) in [7, 11) is 0. The summed E-state index contributed by atoms with van der Waals surface area (Å²) in [6.07, 6.45) is 0.461. The molecule has 0 aromatic heterocycles. The molecule has 1 fully saturated rings. The number of ether oxygens (including phenoxy) is 5. The second-order valence-electron chi connectivity index (χ2n) is 12.3. The van der Waals surface area contributed by atoms with Gasteiger partial charge in [0, 0.05) is 0 Å². The predicted molar refractivity (Wildman–Crippen MR) is 197 cm³/mol. The fraction of sp³-hybridized carbons (Fsp3) is 0.302. The van der Waals surface area contributed by atoms with Gasteiger partial charge in [0.25, 0.3) is 0 Å². The Bertz CT molecular complexity index is 1590. The van der Waals surface area contributed by atoms with Gasteiger partial charge in [0.05, 0.1) is 33.0 Å². The average molecular weight is 675 g/mol. The van der Waals surface area contributed by atoms with Gasteiger partial charge in [-0.2, -0.15) is 0 Å². The maximum Gasteiger partial charge on any atom is 0.132 e. The van der Waals surface area contributed by atoms with Crippen LogP contribution < -0.4 is 0 Å². The smallest absolute Gasteiger partial charge is 0.132 e. The van der Waals surface area contributed by atoms with Crippen LogP contribution in [0.5, 0.6) is 0 Å². The molecular formula is C43H46O5S. The van der Waals surface area contributed by atoms with E-state index < -0.39 is 12.2 Å². The molecule has 254 valence electrons. The minimum atomic E-state index is -0.429. The van der Waals surface area contributed by atoms with E-state index in [4.69, 9.17) is 23.7 Å². The van der Waals surface area contributed by atoms with Gasteiger partial charge in [-0.1, -0.05) is 152 Å². The van der Waals surface area contributed by atoms with Crippen LogP contribution in [-0.2, 0) is 56.5 Å². The van der Waals surface area contributed by atoms with Crippen LogP contribution >= 0.6 is 11.8 Å². The third-order valence-corrected chi connectivity index (χ3v) is 9.81. The third kappa shape index (κ3) is 11.1. The lowest BCUT2D eigenvalue weighted by Crippen LogP contribution is -2.60. The summed E-state index contributed by atoms with van der Waals surface area (Å²) in [5, 5.41) is 0. The van der Waals surface area contributed by atoms with E-state index in [0.717, 1.165) is 40.8 Å². The normalized spacial score (nSPS) is 20.6. The van der Waals surface area contributed by atoms with Gasteiger partial charge in [-0.3, -0.25) is 0 Å². The zero-order valence-electron chi connectivity index (χ0n) is 27.9. The standard InChI is InChI=1S/C43H46O5S/c1-6-17-34(18-7-1)27-16-28-49-43-42(47-32-38-25-14-5-15-26-38)41(46-31-37-23-12-4-13-24-37)40(45-30-36-21-10-3-11-22-36)39(48-43)33-44-29-35-19-8-2-9-20-35/h1-15,17-26,39-43H,16,27-33H2/t39-,40-,41+,42-,43-/m1/s1. The van der Waals surface area contributed by atoms with E-state index in [1.807, 2.05) is 72.8 Å². The first-order valence-corrected chi connectivity index (χ1v) is 18.3. The largest absolute Gasteiger partial charge is 0.374 e. The maximum absolute atomic E-state index is 6.97. The van der Waals surface area contributed by atoms with Gasteiger partial charge in [0.15, 0.2) is 0 Å². The van der Waals surface area contributed by atoms with Crippen molar-refractivity contribution in [2.75, 3.05) is 12.4 Å². The van der Waals surface area contributed by atoms with E-state index in [2.05, 4.69) is 78.9 Å². The molecule has 0 N–H and O–H groups in total. The molecule has 6 heteroatoms. The highest BCUT2D eigenvalue weighted by atomic mass is 32.2. The molecule has 1 saturated heterocycles. The molecule has 5 nitrogen and oxygen atoms in total. The lowest BCUT2D eigenvalue weighted by atomic mass is 9.98. The molecule has 5 atom stereocenters. The Balaban J connectivity index is 1.25. The quantitative estimate of drug-likeness (QED) is 0.0865. The first kappa shape index (κ1) is 35.1. The van der Waals surface area contributed by atoms with Crippen LogP contribution in [0.4, 0.5) is 0 Å². The number of rotatable bonds is 18. The molecule has 6 rings (SSSR count). The van der Waals surface area contributed by atoms with Crippen molar-refractivity contribution < 1.29 is 23.7 Å². The Kier molecular flexibility index (Phi) is 13.9. The number of hydrogen-bond acceptors (Lipinski definition) is 6. The minimum absolute atomic E-state index is 0.276. The second-order valence-corrected chi connectivity index (χ2v) is 13.5. The Morgan fingerprint density at radius 1 is 0.449 bits per heavy atom. The Hall–Kier alpha value is -3.75. The molecule has 0 saturated carbocycles. The van der Waals surface area contributed by atoms with Gasteiger partial charge in [-0.25, -0.2) is 0 Å². The molecule has 0 aliphatic carbocycles. The van der Waals surface area contributed by atoms with Crippen molar-refractivity contribution in [3.63, 3.8) is 0 Å². The molecule has 1 heterocycles. The molecule has 1 aliphatic rings. The first-order valence-electron chi connectivity index (χ1n) is 17.2. The summed E-state index contributed by atoms with van der Waals surface area (Å²) in [4.78, 5) is 0. The molecule has 5 aromatic carbocycles. The number of hydrogen-bond donors (Lipinski definition) is 0. The topological polar surface area (TPSA) is 46.2 Å². The van der Waals surface area contributed by atoms with E-state index in [9.17, 15) is 0 Å². The van der Waals surface area contributed by atoms with E-state index in [0.29, 0.717) is 33.0 Å². The van der Waals surface area contributed by atoms with Gasteiger partial charge in [-0.05, 0) is 46.4 Å². The summed E-state index contributed by atoms with van der Waals surface area (Å²) in [6, 6.07) is 51.7. The number of thioether (sulfide) groups is 1. The molecule has 0 radical (unpaired) electrons. The number of benzene rings is 5. The summed E-state index contributed by atoms with van der Waals surface area (Å²) in [5.41, 5.74) is 5.48. The molecule has 5 aromatic rings. The fourth-order valence-electron chi connectivity index (χ4n) is 6.00. The third-order valence-electron chi connectivity index (χ3n) is 8.58. The summed E-state index contributed by atoms with van der Waals surface area (Å²) in [5.74, 6) is 0.920. The van der Waals surface area contributed by atoms with E-state index in [1.165, 1.54) is 5.56 Å². The number of aryl methyl sites for hydroxylation is 1. The molecule has 0 spiro atoms. The van der Waals surface area contributed by atoms with Crippen LogP contribution in [0.3, 0.4) is 0 Å². The first-order chi connectivity index (χ1) is 24.3. The van der Waals surface area contributed by atoms with Crippen molar-refractivity contribution >= 4 is 11.8 Å². The SMILES string of the molecule is c1ccc(CCCS[C@H]2O[C@H](COCc3ccccc3)[C@@H](OCc3ccccc3)[C@H](OCc3ccccc3)[C@H]2OCc2ccccc2)cc1. The molecule has 0 amide bonds. The van der Waals surface area contributed by atoms with E-state index >= 15 is 0 Å². The fourth-order valence-corrected chi connectivity index (χ4v) is 7.19. The van der Waals surface area contributed by atoms with Crippen LogP contribution in [-0.4, -0.2) is 42.2 Å². The van der Waals surface area contributed by atoms with Gasteiger partial charge < -0.3 is 23.7 Å². The van der Waals surface area contributed by atoms with Crippen molar-refractivity contribution in [1.82, 2.24) is 0 Å². The average Bonchev–Trinajstić information content (AvgIpc) is 3.16. The highest BCUT2D eigenvalue weighted by Gasteiger charge is 2.48. The van der Waals surface area contributed by atoms with Crippen molar-refractivity contribution in [3.05, 3.63) is 179 Å². The van der Waals surface area contributed by atoms with Gasteiger partial charge in [-0.15, -0.1) is 11.8 Å². The molecule has 49 heavy (non-hydrogen) atoms. The Labute approximate surface area is 295 Å². The zero-order valence-corrected chi connectivity index (χ0v) is 28.7. The summed E-state index contributed by atoms with van der Waals surface area (Å²) >= 11 is 1.80. The summed E-state index contributed by atoms with van der Waals surface area (Å²) < 4.78 is 33.8. The van der Waals surface area contributed by atoms with Gasteiger partial charge >= 0.3 is 0 Å². The van der Waals surface area contributed by atoms with Gasteiger partial charge in [0.1, 0.15) is 29.9 Å². The molecule has 1 aliphatic heterocycles. The Morgan fingerprint density at radius 3 is 1.35 bits per heavy atom. The van der Waals surface area contributed by atoms with Crippen molar-refractivity contribution in [3.8, 4) is 0 Å². The predicted octanol–water partition coefficient (Wildman–Crippen LogP) is 9.05. The molecular weight excluding hydrogens is 629 g/mol. The van der Waals surface area contributed by atoms with Crippen molar-refractivity contribution in [2.45, 2.75) is 69.1 Å². The zero-order chi connectivity index (χ0) is 33.4. The monoisotopic (exact) mass is 674 g/mol. The van der Waals surface area contributed by atoms with Crippen LogP contribution in [0.15, 0.2) is 152 Å². The molecule has 0 bridgehead atoms. The van der Waals surface area contributed by atoms with Gasteiger partial charge in [0.2, 0.25) is 0 Å². The van der Waals surface area contributed by atoms with Crippen LogP contribution in [0, 0.1) is 0 Å². The molecule has 0 unspecified atom stereocenters. The maximum atomic E-state index is 6.97. The lowest BCUT2D eigenvalue weighted by Gasteiger charge is -2.46. The van der Waals surface area contributed by atoms with Crippen molar-refractivity contribution in [2.24, 2.45) is 0 Å². The second kappa shape index (κ2) is 19.4. The highest BCUT2D eigenvalue weighted by Crippen LogP contribution is 2.36. The van der Waals surface area contributed by atoms with Crippen molar-refractivity contribution in [1.29, 1.82) is 0 Å². The van der Waals surface area contributed by atoms with Crippen LogP contribution in [0.2, 0.25) is 0 Å². The minimum Gasteiger partial charge on any atom is -0.374 e. The lowest BCUT2D eigenvalue weighted by molar-refractivity contribution is -0.254. The van der Waals surface area contributed by atoms with E-state index in [-0.39, 0.29) is 17.6 Å². The van der Waals surface area contributed by atoms with Crippen LogP contribution in [0.1, 0.15) is 34.2 Å². The van der Waals surface area contributed by atoms with E-state index in [1.54, 1.807) is 11.8 Å². The van der Waals surface area contributed by atoms with Crippen LogP contribution in [0.25, 0.3) is 0 Å². The summed E-state index contributed by atoms with van der Waals surface area (Å²) in [6.45, 7) is 2.17. The highest BCUT2D eigenvalue weighted by molar-refractivity contribution is 7.99. The Morgan fingerprint density at radius 2 is 0.857 bits per heavy atom.